The van der Waals surface area contributed by atoms with Crippen molar-refractivity contribution in [1.82, 2.24) is 19.7 Å². The molecule has 2 heterocycles. The molecule has 4 rings (SSSR count). The van der Waals surface area contributed by atoms with Crippen LogP contribution in [0.4, 0.5) is 16.5 Å². The van der Waals surface area contributed by atoms with E-state index in [1.807, 2.05) is 30.5 Å². The first-order valence-corrected chi connectivity index (χ1v) is 10.8. The number of aryl methyl sites for hydroxylation is 2. The highest BCUT2D eigenvalue weighted by Crippen LogP contribution is 2.36. The van der Waals surface area contributed by atoms with Gasteiger partial charge in [0.2, 0.25) is 0 Å². The van der Waals surface area contributed by atoms with Gasteiger partial charge in [0.25, 0.3) is 11.6 Å². The zero-order valence-corrected chi connectivity index (χ0v) is 18.1. The number of amides is 1. The quantitative estimate of drug-likeness (QED) is 0.310. The van der Waals surface area contributed by atoms with Crippen molar-refractivity contribution in [1.29, 1.82) is 0 Å². The number of rotatable bonds is 6. The summed E-state index contributed by atoms with van der Waals surface area (Å²) in [4.78, 5) is 31.0. The largest absolute Gasteiger partial charge is 0.311 e. The van der Waals surface area contributed by atoms with E-state index in [0.29, 0.717) is 20.9 Å². The molecule has 0 atom stereocenters. The molecule has 0 N–H and O–H groups in total. The summed E-state index contributed by atoms with van der Waals surface area (Å²) < 4.78 is 1.66. The number of nitro benzene ring substituents is 1. The van der Waals surface area contributed by atoms with Crippen LogP contribution in [-0.4, -0.2) is 30.6 Å². The van der Waals surface area contributed by atoms with Gasteiger partial charge in [0, 0.05) is 24.1 Å². The SMILES string of the molecule is Cc1csc(N(C(=O)c2ccc(Sc3nncn3C)c([N+](=O)[O-])c2)c2ccccc2)n1. The van der Waals surface area contributed by atoms with Gasteiger partial charge in [-0.3, -0.25) is 19.8 Å². The lowest BCUT2D eigenvalue weighted by Gasteiger charge is -2.20. The standard InChI is InChI=1S/C20H16N6O3S2/c1-13-11-30-19(22-13)25(15-6-4-3-5-7-15)18(27)14-8-9-17(16(10-14)26(28)29)31-20-23-21-12-24(20)2/h3-12H,1-2H3. The van der Waals surface area contributed by atoms with Gasteiger partial charge >= 0.3 is 0 Å². The monoisotopic (exact) mass is 452 g/mol. The lowest BCUT2D eigenvalue weighted by molar-refractivity contribution is -0.387. The van der Waals surface area contributed by atoms with Crippen molar-refractivity contribution in [2.45, 2.75) is 17.0 Å². The van der Waals surface area contributed by atoms with Crippen LogP contribution in [0.5, 0.6) is 0 Å². The minimum Gasteiger partial charge on any atom is -0.311 e. The minimum atomic E-state index is -0.504. The molecule has 0 spiro atoms. The maximum absolute atomic E-state index is 13.4. The second kappa shape index (κ2) is 8.66. The molecule has 9 nitrogen and oxygen atoms in total. The molecule has 11 heteroatoms. The summed E-state index contributed by atoms with van der Waals surface area (Å²) in [6.07, 6.45) is 1.51. The summed E-state index contributed by atoms with van der Waals surface area (Å²) in [6, 6.07) is 13.5. The average molecular weight is 453 g/mol. The van der Waals surface area contributed by atoms with E-state index in [9.17, 15) is 14.9 Å². The minimum absolute atomic E-state index is 0.179. The molecule has 0 saturated heterocycles. The number of benzene rings is 2. The lowest BCUT2D eigenvalue weighted by atomic mass is 10.1. The Kier molecular flexibility index (Phi) is 5.78. The molecule has 0 radical (unpaired) electrons. The number of hydrogen-bond donors (Lipinski definition) is 0. The molecule has 0 aliphatic carbocycles. The lowest BCUT2D eigenvalue weighted by Crippen LogP contribution is -2.26. The fourth-order valence-corrected chi connectivity index (χ4v) is 4.48. The molecule has 0 unspecified atom stereocenters. The van der Waals surface area contributed by atoms with Gasteiger partial charge in [-0.2, -0.15) is 0 Å². The number of nitro groups is 1. The van der Waals surface area contributed by atoms with E-state index >= 15 is 0 Å². The van der Waals surface area contributed by atoms with Gasteiger partial charge in [0.05, 0.1) is 21.2 Å². The van der Waals surface area contributed by atoms with Crippen LogP contribution in [0.2, 0.25) is 0 Å². The number of nitrogens with zero attached hydrogens (tertiary/aromatic N) is 6. The fraction of sp³-hybridized carbons (Fsp3) is 0.100. The van der Waals surface area contributed by atoms with Crippen LogP contribution < -0.4 is 4.90 Å². The second-order valence-electron chi connectivity index (χ2n) is 6.51. The van der Waals surface area contributed by atoms with Crippen molar-refractivity contribution < 1.29 is 9.72 Å². The molecule has 0 fully saturated rings. The molecule has 31 heavy (non-hydrogen) atoms. The van der Waals surface area contributed by atoms with Gasteiger partial charge in [-0.1, -0.05) is 18.2 Å². The first-order chi connectivity index (χ1) is 14.9. The third kappa shape index (κ3) is 4.32. The maximum Gasteiger partial charge on any atom is 0.284 e. The number of hydrogen-bond acceptors (Lipinski definition) is 8. The molecule has 0 aliphatic heterocycles. The van der Waals surface area contributed by atoms with Crippen LogP contribution in [0.3, 0.4) is 0 Å². The number of thiazole rings is 1. The molecule has 156 valence electrons. The summed E-state index contributed by atoms with van der Waals surface area (Å²) in [6.45, 7) is 1.84. The van der Waals surface area contributed by atoms with E-state index < -0.39 is 10.8 Å². The van der Waals surface area contributed by atoms with Crippen LogP contribution in [0.1, 0.15) is 16.1 Å². The smallest absolute Gasteiger partial charge is 0.284 e. The van der Waals surface area contributed by atoms with Crippen LogP contribution in [0.15, 0.2) is 70.3 Å². The highest BCUT2D eigenvalue weighted by molar-refractivity contribution is 7.99. The zero-order valence-electron chi connectivity index (χ0n) is 16.5. The second-order valence-corrected chi connectivity index (χ2v) is 8.36. The highest BCUT2D eigenvalue weighted by Gasteiger charge is 2.26. The summed E-state index contributed by atoms with van der Waals surface area (Å²) in [5.74, 6) is -0.404. The molecule has 1 amide bonds. The summed E-state index contributed by atoms with van der Waals surface area (Å²) >= 11 is 2.44. The summed E-state index contributed by atoms with van der Waals surface area (Å²) in [5.41, 5.74) is 1.42. The molecule has 2 aromatic heterocycles. The molecule has 4 aromatic rings. The van der Waals surface area contributed by atoms with Crippen LogP contribution in [0.25, 0.3) is 0 Å². The third-order valence-corrected chi connectivity index (χ3v) is 6.35. The zero-order chi connectivity index (χ0) is 22.0. The van der Waals surface area contributed by atoms with Crippen molar-refractivity contribution in [3.63, 3.8) is 0 Å². The fourth-order valence-electron chi connectivity index (χ4n) is 2.81. The van der Waals surface area contributed by atoms with Crippen LogP contribution in [0, 0.1) is 17.0 Å². The summed E-state index contributed by atoms with van der Waals surface area (Å²) in [5, 5.41) is 22.3. The molecule has 0 saturated carbocycles. The van der Waals surface area contributed by atoms with E-state index in [-0.39, 0.29) is 11.3 Å². The van der Waals surface area contributed by atoms with Crippen molar-refractivity contribution in [2.75, 3.05) is 4.90 Å². The maximum atomic E-state index is 13.4. The van der Waals surface area contributed by atoms with E-state index in [2.05, 4.69) is 15.2 Å². The summed E-state index contributed by atoms with van der Waals surface area (Å²) in [7, 11) is 1.75. The molecular formula is C20H16N6O3S2. The molecule has 0 bridgehead atoms. The van der Waals surface area contributed by atoms with Crippen molar-refractivity contribution in [3.05, 3.63) is 81.6 Å². The van der Waals surface area contributed by atoms with Gasteiger partial charge in [0.1, 0.15) is 6.33 Å². The van der Waals surface area contributed by atoms with E-state index in [1.54, 1.807) is 35.9 Å². The van der Waals surface area contributed by atoms with Gasteiger partial charge in [-0.15, -0.1) is 21.5 Å². The Balaban J connectivity index is 1.74. The Bertz CT molecular complexity index is 1250. The highest BCUT2D eigenvalue weighted by atomic mass is 32.2. The Morgan fingerprint density at radius 3 is 2.61 bits per heavy atom. The molecule has 0 aliphatic rings. The predicted molar refractivity (Wildman–Crippen MR) is 118 cm³/mol. The normalized spacial score (nSPS) is 10.8. The van der Waals surface area contributed by atoms with E-state index in [4.69, 9.17) is 0 Å². The van der Waals surface area contributed by atoms with Gasteiger partial charge in [-0.05, 0) is 43.0 Å². The average Bonchev–Trinajstić information content (AvgIpc) is 3.37. The van der Waals surface area contributed by atoms with Crippen molar-refractivity contribution in [3.8, 4) is 0 Å². The van der Waals surface area contributed by atoms with Gasteiger partial charge < -0.3 is 4.57 Å². The predicted octanol–water partition coefficient (Wildman–Crippen LogP) is 4.62. The number of anilines is 2. The first kappa shape index (κ1) is 20.7. The van der Waals surface area contributed by atoms with E-state index in [0.717, 1.165) is 17.5 Å². The third-order valence-electron chi connectivity index (χ3n) is 4.29. The van der Waals surface area contributed by atoms with E-state index in [1.165, 1.54) is 28.6 Å². The van der Waals surface area contributed by atoms with Gasteiger partial charge in [0.15, 0.2) is 10.3 Å². The Morgan fingerprint density at radius 1 is 1.23 bits per heavy atom. The molecule has 2 aromatic carbocycles. The van der Waals surface area contributed by atoms with Gasteiger partial charge in [-0.25, -0.2) is 4.98 Å². The number of para-hydroxylation sites is 1. The molecular weight excluding hydrogens is 436 g/mol. The topological polar surface area (TPSA) is 107 Å². The number of aromatic nitrogens is 4. The Labute approximate surface area is 185 Å². The Hall–Kier alpha value is -3.57. The Morgan fingerprint density at radius 2 is 2.00 bits per heavy atom. The number of carbonyl (C=O) groups is 1. The number of carbonyl (C=O) groups excluding carboxylic acids is 1. The van der Waals surface area contributed by atoms with Crippen molar-refractivity contribution >= 4 is 45.5 Å². The van der Waals surface area contributed by atoms with Crippen LogP contribution >= 0.6 is 23.1 Å². The van der Waals surface area contributed by atoms with Crippen LogP contribution in [-0.2, 0) is 7.05 Å². The van der Waals surface area contributed by atoms with Crippen molar-refractivity contribution in [2.24, 2.45) is 7.05 Å². The first-order valence-electron chi connectivity index (χ1n) is 9.06.